The van der Waals surface area contributed by atoms with Gasteiger partial charge in [-0.25, -0.2) is 4.57 Å². The fourth-order valence-corrected chi connectivity index (χ4v) is 6.16. The highest BCUT2D eigenvalue weighted by Gasteiger charge is 2.25. The van der Waals surface area contributed by atoms with E-state index in [1.165, 1.54) is 57.8 Å². The lowest BCUT2D eigenvalue weighted by Crippen LogP contribution is -2.37. The zero-order valence-electron chi connectivity index (χ0n) is 36.2. The van der Waals surface area contributed by atoms with Crippen LogP contribution in [0.1, 0.15) is 155 Å². The second-order valence-electron chi connectivity index (χ2n) is 15.6. The van der Waals surface area contributed by atoms with Crippen molar-refractivity contribution >= 4 is 13.8 Å². The third-order valence-corrected chi connectivity index (χ3v) is 9.87. The average molecular weight is 809 g/mol. The average Bonchev–Trinajstić information content (AvgIpc) is 3.14. The van der Waals surface area contributed by atoms with Crippen LogP contribution in [0, 0.1) is 0 Å². The summed E-state index contributed by atoms with van der Waals surface area (Å²) in [5, 5.41) is 9.73. The summed E-state index contributed by atoms with van der Waals surface area (Å²) in [6.07, 6.45) is 46.8. The number of aliphatic hydroxyl groups excluding tert-OH is 1. The smallest absolute Gasteiger partial charge is 0.472 e. The lowest BCUT2D eigenvalue weighted by molar-refractivity contribution is -0.870. The molecule has 56 heavy (non-hydrogen) atoms. The number of allylic oxidation sites excluding steroid dienone is 10. The fraction of sp³-hybridized carbons (Fsp3) is 0.717. The molecule has 0 amide bonds. The Hall–Kier alpha value is -2.26. The van der Waals surface area contributed by atoms with Crippen molar-refractivity contribution in [3.63, 3.8) is 0 Å². The number of nitrogens with zero attached hydrogens (tertiary/aromatic N) is 1. The number of ether oxygens (including phenoxy) is 2. The third kappa shape index (κ3) is 41.4. The largest absolute Gasteiger partial charge is 0.492 e. The van der Waals surface area contributed by atoms with E-state index in [4.69, 9.17) is 18.5 Å². The molecule has 0 fully saturated rings. The van der Waals surface area contributed by atoms with E-state index < -0.39 is 13.9 Å². The molecular formula is C46H83NO8P+. The van der Waals surface area contributed by atoms with Crippen LogP contribution in [0.2, 0.25) is 0 Å². The van der Waals surface area contributed by atoms with Crippen LogP contribution < -0.4 is 0 Å². The second-order valence-corrected chi connectivity index (χ2v) is 17.1. The fourth-order valence-electron chi connectivity index (χ4n) is 5.42. The molecule has 0 aliphatic heterocycles. The van der Waals surface area contributed by atoms with Gasteiger partial charge in [0.05, 0.1) is 40.1 Å². The van der Waals surface area contributed by atoms with Gasteiger partial charge in [-0.2, -0.15) is 0 Å². The van der Waals surface area contributed by atoms with E-state index in [0.717, 1.165) is 70.6 Å². The van der Waals surface area contributed by atoms with Crippen molar-refractivity contribution in [1.29, 1.82) is 0 Å². The first-order valence-corrected chi connectivity index (χ1v) is 23.3. The molecule has 3 atom stereocenters. The van der Waals surface area contributed by atoms with Crippen molar-refractivity contribution in [2.45, 2.75) is 167 Å². The van der Waals surface area contributed by atoms with Crippen LogP contribution in [0.15, 0.2) is 73.1 Å². The van der Waals surface area contributed by atoms with Crippen LogP contribution in [0.5, 0.6) is 0 Å². The number of quaternary nitrogens is 1. The van der Waals surface area contributed by atoms with Gasteiger partial charge < -0.3 is 24.0 Å². The molecule has 2 N–H and O–H groups in total. The van der Waals surface area contributed by atoms with Gasteiger partial charge in [-0.15, -0.1) is 0 Å². The number of hydrogen-bond acceptors (Lipinski definition) is 7. The quantitative estimate of drug-likeness (QED) is 0.0158. The Bertz CT molecular complexity index is 1140. The van der Waals surface area contributed by atoms with Crippen molar-refractivity contribution in [2.75, 3.05) is 47.5 Å². The highest BCUT2D eigenvalue weighted by molar-refractivity contribution is 7.47. The maximum atomic E-state index is 12.5. The molecule has 2 unspecified atom stereocenters. The molecule has 0 aromatic rings. The van der Waals surface area contributed by atoms with E-state index in [1.807, 2.05) is 27.2 Å². The predicted octanol–water partition coefficient (Wildman–Crippen LogP) is 12.0. The van der Waals surface area contributed by atoms with Crippen molar-refractivity contribution in [3.05, 3.63) is 73.1 Å². The predicted molar refractivity (Wildman–Crippen MR) is 234 cm³/mol. The van der Waals surface area contributed by atoms with Crippen LogP contribution in [0.3, 0.4) is 0 Å². The Kier molecular flexibility index (Phi) is 36.7. The summed E-state index contributed by atoms with van der Waals surface area (Å²) in [6.45, 7) is 4.60. The van der Waals surface area contributed by atoms with E-state index in [1.54, 1.807) is 6.26 Å². The van der Waals surface area contributed by atoms with Gasteiger partial charge >= 0.3 is 13.8 Å². The van der Waals surface area contributed by atoms with Gasteiger partial charge in [0.15, 0.2) is 6.10 Å². The minimum Gasteiger partial charge on any atom is -0.492 e. The van der Waals surface area contributed by atoms with Gasteiger partial charge in [-0.1, -0.05) is 126 Å². The molecule has 0 rings (SSSR count). The summed E-state index contributed by atoms with van der Waals surface area (Å²) < 4.78 is 34.6. The Morgan fingerprint density at radius 3 is 1.75 bits per heavy atom. The standard InChI is InChI=1S/C46H82NO8P/c1-6-8-9-10-11-12-13-14-15-16-20-23-26-29-32-35-40-52-45(43-55-56(50,51)54-41-39-47(3,4)5)42-53-46(49)38-34-31-28-25-22-19-17-18-21-24-27-30-33-37-44(48)36-7-2/h14-15,17,19,21,24-25,28,30,33,35,40,44-45,48H,6-13,16,18,20,22-23,26-27,29,31-32,34,36-39,41-43H2,1-5H3/p+1/b15-14-,19-17-,24-21-,28-25-,33-30-,40-35+/t44?,45-/m1/s1. The number of aliphatic hydroxyl groups is 1. The number of unbranched alkanes of at least 4 members (excludes halogenated alkanes) is 12. The number of carbonyl (C=O) groups is 1. The molecule has 10 heteroatoms. The summed E-state index contributed by atoms with van der Waals surface area (Å²) in [6, 6.07) is 0. The Balaban J connectivity index is 4.44. The zero-order chi connectivity index (χ0) is 41.4. The van der Waals surface area contributed by atoms with Crippen molar-refractivity contribution in [1.82, 2.24) is 0 Å². The lowest BCUT2D eigenvalue weighted by Gasteiger charge is -2.24. The number of phosphoric ester groups is 1. The third-order valence-electron chi connectivity index (χ3n) is 8.89. The van der Waals surface area contributed by atoms with Gasteiger partial charge in [0, 0.05) is 6.42 Å². The van der Waals surface area contributed by atoms with Crippen LogP contribution in [0.25, 0.3) is 0 Å². The molecular weight excluding hydrogens is 725 g/mol. The zero-order valence-corrected chi connectivity index (χ0v) is 37.1. The van der Waals surface area contributed by atoms with Crippen LogP contribution >= 0.6 is 7.82 Å². The molecule has 0 heterocycles. The van der Waals surface area contributed by atoms with Crippen LogP contribution in [-0.2, 0) is 27.9 Å². The normalized spacial score (nSPS) is 15.0. The number of phosphoric acid groups is 1. The summed E-state index contributed by atoms with van der Waals surface area (Å²) in [7, 11) is 1.60. The summed E-state index contributed by atoms with van der Waals surface area (Å²) in [5.41, 5.74) is 0. The van der Waals surface area contributed by atoms with Gasteiger partial charge in [0.1, 0.15) is 19.8 Å². The van der Waals surface area contributed by atoms with E-state index in [-0.39, 0.29) is 38.3 Å². The number of hydrogen-bond donors (Lipinski definition) is 2. The van der Waals surface area contributed by atoms with E-state index in [2.05, 4.69) is 74.6 Å². The molecule has 0 saturated heterocycles. The Morgan fingerprint density at radius 1 is 0.643 bits per heavy atom. The minimum absolute atomic E-state index is 0.0696. The second kappa shape index (κ2) is 38.3. The van der Waals surface area contributed by atoms with Gasteiger partial charge in [0.2, 0.25) is 0 Å². The van der Waals surface area contributed by atoms with Gasteiger partial charge in [-0.3, -0.25) is 13.8 Å². The first-order valence-electron chi connectivity index (χ1n) is 21.8. The van der Waals surface area contributed by atoms with E-state index >= 15 is 0 Å². The molecule has 0 bridgehead atoms. The molecule has 9 nitrogen and oxygen atoms in total. The first kappa shape index (κ1) is 53.7. The number of esters is 1. The SMILES string of the molecule is CCCCCCCC/C=C\CCCCCC/C=C/O[C@H](COC(=O)CCC/C=C\C/C=C\C/C=C\C/C=C\CC(O)CCC)COP(=O)(O)OCC[N+](C)(C)C. The number of carbonyl (C=O) groups excluding carboxylic acids is 1. The monoisotopic (exact) mass is 809 g/mol. The molecule has 0 aliphatic rings. The Labute approximate surface area is 343 Å². The van der Waals surface area contributed by atoms with Gasteiger partial charge in [-0.05, 0) is 89.5 Å². The summed E-state index contributed by atoms with van der Waals surface area (Å²) >= 11 is 0. The molecule has 0 aliphatic carbocycles. The van der Waals surface area contributed by atoms with Crippen molar-refractivity contribution in [2.24, 2.45) is 0 Å². The maximum Gasteiger partial charge on any atom is 0.472 e. The first-order chi connectivity index (χ1) is 27.0. The molecule has 0 aromatic carbocycles. The number of rotatable bonds is 39. The minimum atomic E-state index is -4.29. The maximum absolute atomic E-state index is 12.5. The molecule has 0 aromatic heterocycles. The van der Waals surface area contributed by atoms with Crippen LogP contribution in [-0.4, -0.2) is 80.2 Å². The summed E-state index contributed by atoms with van der Waals surface area (Å²) in [5.74, 6) is -0.349. The highest BCUT2D eigenvalue weighted by atomic mass is 31.2. The summed E-state index contributed by atoms with van der Waals surface area (Å²) in [4.78, 5) is 22.6. The molecule has 324 valence electrons. The van der Waals surface area contributed by atoms with Crippen LogP contribution in [0.4, 0.5) is 0 Å². The van der Waals surface area contributed by atoms with E-state index in [0.29, 0.717) is 17.4 Å². The Morgan fingerprint density at radius 2 is 1.16 bits per heavy atom. The highest BCUT2D eigenvalue weighted by Crippen LogP contribution is 2.43. The van der Waals surface area contributed by atoms with Crippen molar-refractivity contribution in [3.8, 4) is 0 Å². The molecule has 0 spiro atoms. The lowest BCUT2D eigenvalue weighted by atomic mass is 10.1. The van der Waals surface area contributed by atoms with Gasteiger partial charge in [0.25, 0.3) is 0 Å². The van der Waals surface area contributed by atoms with E-state index in [9.17, 15) is 19.4 Å². The molecule has 0 radical (unpaired) electrons. The number of likely N-dealkylation sites (N-methyl/N-ethyl adjacent to an activating group) is 1. The topological polar surface area (TPSA) is 112 Å². The molecule has 0 saturated carbocycles. The van der Waals surface area contributed by atoms with Crippen molar-refractivity contribution < 1.29 is 42.4 Å².